The number of nitrogens with one attached hydrogen (secondary N) is 2. The van der Waals surface area contributed by atoms with Crippen LogP contribution in [0.25, 0.3) is 0 Å². The Morgan fingerprint density at radius 1 is 1.30 bits per heavy atom. The second-order valence-electron chi connectivity index (χ2n) is 7.40. The van der Waals surface area contributed by atoms with Gasteiger partial charge in [0.1, 0.15) is 11.5 Å². The van der Waals surface area contributed by atoms with Crippen molar-refractivity contribution < 1.29 is 9.53 Å². The molecule has 1 aromatic carbocycles. The van der Waals surface area contributed by atoms with Gasteiger partial charge in [0.2, 0.25) is 5.91 Å². The summed E-state index contributed by atoms with van der Waals surface area (Å²) in [5, 5.41) is 3.31. The van der Waals surface area contributed by atoms with E-state index in [0.29, 0.717) is 5.13 Å². The van der Waals surface area contributed by atoms with Crippen LogP contribution in [0.4, 0.5) is 16.6 Å². The van der Waals surface area contributed by atoms with Crippen molar-refractivity contribution in [2.75, 3.05) is 36.2 Å². The Kier molecular flexibility index (Phi) is 8.01. The number of carbonyl (C=O) groups is 1. The molecular weight excluding hydrogens is 444 g/mol. The summed E-state index contributed by atoms with van der Waals surface area (Å²) in [6.45, 7) is 4.43. The maximum atomic E-state index is 12.9. The summed E-state index contributed by atoms with van der Waals surface area (Å²) in [6.07, 6.45) is 0.771. The van der Waals surface area contributed by atoms with Crippen LogP contribution in [-0.2, 0) is 29.0 Å². The molecule has 0 aliphatic carbocycles. The Labute approximate surface area is 195 Å². The molecule has 0 atom stereocenters. The number of aryl methyl sites for hydroxylation is 2. The number of ether oxygens (including phenoxy) is 1. The van der Waals surface area contributed by atoms with Crippen LogP contribution in [0, 0.1) is 6.92 Å². The van der Waals surface area contributed by atoms with Gasteiger partial charge in [-0.1, -0.05) is 37.3 Å². The number of aromatic nitrogens is 3. The van der Waals surface area contributed by atoms with E-state index in [0.717, 1.165) is 22.6 Å². The highest BCUT2D eigenvalue weighted by Gasteiger charge is 2.22. The van der Waals surface area contributed by atoms with Crippen molar-refractivity contribution in [2.45, 2.75) is 33.4 Å². The van der Waals surface area contributed by atoms with Crippen molar-refractivity contribution >= 4 is 33.9 Å². The quantitative estimate of drug-likeness (QED) is 0.409. The van der Waals surface area contributed by atoms with Crippen molar-refractivity contribution in [3.8, 4) is 0 Å². The Morgan fingerprint density at radius 2 is 2.03 bits per heavy atom. The Morgan fingerprint density at radius 3 is 2.67 bits per heavy atom. The predicted molar refractivity (Wildman–Crippen MR) is 130 cm³/mol. The number of nitrogen functional groups attached to an aromatic ring is 1. The molecule has 2 heterocycles. The first-order chi connectivity index (χ1) is 15.8. The first kappa shape index (κ1) is 24.2. The Balaban J connectivity index is 1.95. The fraction of sp³-hybridized carbons (Fsp3) is 0.364. The maximum Gasteiger partial charge on any atom is 0.330 e. The number of H-pyrrole nitrogens is 1. The maximum absolute atomic E-state index is 12.9. The smallest absolute Gasteiger partial charge is 0.330 e. The van der Waals surface area contributed by atoms with Gasteiger partial charge in [0.15, 0.2) is 5.13 Å². The molecule has 3 rings (SSSR count). The second-order valence-corrected chi connectivity index (χ2v) is 8.61. The fourth-order valence-corrected chi connectivity index (χ4v) is 4.37. The van der Waals surface area contributed by atoms with Gasteiger partial charge in [-0.05, 0) is 18.9 Å². The van der Waals surface area contributed by atoms with Gasteiger partial charge < -0.3 is 20.7 Å². The molecule has 0 spiro atoms. The number of hydrogen-bond donors (Lipinski definition) is 3. The van der Waals surface area contributed by atoms with Crippen LogP contribution < -0.4 is 27.2 Å². The molecule has 0 radical (unpaired) electrons. The molecule has 33 heavy (non-hydrogen) atoms. The van der Waals surface area contributed by atoms with Gasteiger partial charge in [0.05, 0.1) is 25.4 Å². The largest absolute Gasteiger partial charge is 0.383 e. The summed E-state index contributed by atoms with van der Waals surface area (Å²) in [7, 11) is 1.50. The summed E-state index contributed by atoms with van der Waals surface area (Å²) >= 11 is 1.40. The summed E-state index contributed by atoms with van der Waals surface area (Å²) in [5.74, 6) is -0.376. The van der Waals surface area contributed by atoms with Crippen LogP contribution in [0.5, 0.6) is 0 Å². The minimum Gasteiger partial charge on any atom is -0.383 e. The highest BCUT2D eigenvalue weighted by Crippen LogP contribution is 2.23. The van der Waals surface area contributed by atoms with E-state index in [1.807, 2.05) is 44.2 Å². The van der Waals surface area contributed by atoms with Crippen molar-refractivity contribution in [1.29, 1.82) is 0 Å². The third-order valence-corrected chi connectivity index (χ3v) is 6.00. The number of carbonyl (C=O) groups excluding carboxylic acids is 1. The van der Waals surface area contributed by atoms with E-state index < -0.39 is 11.2 Å². The number of anilines is 3. The molecule has 3 aromatic rings. The van der Waals surface area contributed by atoms with E-state index in [1.165, 1.54) is 23.0 Å². The summed E-state index contributed by atoms with van der Waals surface area (Å²) in [4.78, 5) is 47.3. The molecular formula is C22H28N6O4S. The molecule has 0 fully saturated rings. The molecule has 1 amide bonds. The zero-order valence-corrected chi connectivity index (χ0v) is 19.7. The number of nitrogens with two attached hydrogens (primary N) is 1. The average Bonchev–Trinajstić information content (AvgIpc) is 3.12. The standard InChI is InChI=1S/C22H28N6O4S/c1-4-16-14(2)33-21(24-16)25-17(29)13-27(12-15-8-6-5-7-9-15)18-19(23)28(10-11-32-3)22(31)26-20(18)30/h5-9H,4,10-13,23H2,1-3H3,(H,24,25,29)(H,26,30,31). The normalized spacial score (nSPS) is 10.9. The average molecular weight is 473 g/mol. The summed E-state index contributed by atoms with van der Waals surface area (Å²) in [5.41, 5.74) is 6.82. The van der Waals surface area contributed by atoms with Gasteiger partial charge in [-0.2, -0.15) is 0 Å². The third kappa shape index (κ3) is 5.88. The molecule has 0 bridgehead atoms. The zero-order chi connectivity index (χ0) is 24.0. The van der Waals surface area contributed by atoms with Crippen LogP contribution in [-0.4, -0.2) is 40.7 Å². The summed E-state index contributed by atoms with van der Waals surface area (Å²) < 4.78 is 6.27. The monoisotopic (exact) mass is 472 g/mol. The van der Waals surface area contributed by atoms with Gasteiger partial charge in [0.25, 0.3) is 5.56 Å². The van der Waals surface area contributed by atoms with E-state index >= 15 is 0 Å². The van der Waals surface area contributed by atoms with Crippen molar-refractivity contribution in [3.63, 3.8) is 0 Å². The lowest BCUT2D eigenvalue weighted by Crippen LogP contribution is -2.41. The van der Waals surface area contributed by atoms with Crippen LogP contribution in [0.2, 0.25) is 0 Å². The number of nitrogens with zero attached hydrogens (tertiary/aromatic N) is 3. The topological polar surface area (TPSA) is 135 Å². The van der Waals surface area contributed by atoms with E-state index in [2.05, 4.69) is 15.3 Å². The molecule has 0 saturated heterocycles. The number of benzene rings is 1. The SMILES string of the molecule is CCc1nc(NC(=O)CN(Cc2ccccc2)c2c(N)n(CCOC)c(=O)[nH]c2=O)sc1C. The van der Waals surface area contributed by atoms with Crippen molar-refractivity contribution in [2.24, 2.45) is 0 Å². The van der Waals surface area contributed by atoms with E-state index in [9.17, 15) is 14.4 Å². The number of thiazole rings is 1. The van der Waals surface area contributed by atoms with Gasteiger partial charge in [-0.3, -0.25) is 19.1 Å². The minimum absolute atomic E-state index is 0.0251. The van der Waals surface area contributed by atoms with Crippen LogP contribution in [0.15, 0.2) is 39.9 Å². The second kappa shape index (κ2) is 10.9. The van der Waals surface area contributed by atoms with E-state index in [-0.39, 0.29) is 43.7 Å². The van der Waals surface area contributed by atoms with Crippen molar-refractivity contribution in [1.82, 2.24) is 14.5 Å². The van der Waals surface area contributed by atoms with Crippen LogP contribution in [0.1, 0.15) is 23.1 Å². The highest BCUT2D eigenvalue weighted by atomic mass is 32.1. The molecule has 176 valence electrons. The van der Waals surface area contributed by atoms with E-state index in [4.69, 9.17) is 10.5 Å². The third-order valence-electron chi connectivity index (χ3n) is 5.07. The van der Waals surface area contributed by atoms with Crippen molar-refractivity contribution in [3.05, 3.63) is 67.3 Å². The molecule has 4 N–H and O–H groups in total. The minimum atomic E-state index is -0.659. The van der Waals surface area contributed by atoms with Crippen LogP contribution in [0.3, 0.4) is 0 Å². The Bertz CT molecular complexity index is 1220. The Hall–Kier alpha value is -3.44. The molecule has 0 saturated carbocycles. The van der Waals surface area contributed by atoms with Crippen LogP contribution >= 0.6 is 11.3 Å². The van der Waals surface area contributed by atoms with Gasteiger partial charge >= 0.3 is 5.69 Å². The van der Waals surface area contributed by atoms with Gasteiger partial charge in [-0.25, -0.2) is 9.78 Å². The highest BCUT2D eigenvalue weighted by molar-refractivity contribution is 7.15. The van der Waals surface area contributed by atoms with Gasteiger partial charge in [0, 0.05) is 18.5 Å². The molecule has 0 unspecified atom stereocenters. The van der Waals surface area contributed by atoms with E-state index in [1.54, 1.807) is 4.90 Å². The number of rotatable bonds is 10. The van der Waals surface area contributed by atoms with Gasteiger partial charge in [-0.15, -0.1) is 11.3 Å². The lowest BCUT2D eigenvalue weighted by atomic mass is 10.2. The zero-order valence-electron chi connectivity index (χ0n) is 18.9. The fourth-order valence-electron chi connectivity index (χ4n) is 3.45. The molecule has 10 nitrogen and oxygen atoms in total. The summed E-state index contributed by atoms with van der Waals surface area (Å²) in [6, 6.07) is 9.38. The molecule has 11 heteroatoms. The first-order valence-corrected chi connectivity index (χ1v) is 11.3. The molecule has 2 aromatic heterocycles. The molecule has 0 aliphatic rings. The first-order valence-electron chi connectivity index (χ1n) is 10.5. The lowest BCUT2D eigenvalue weighted by molar-refractivity contribution is -0.115. The number of methoxy groups -OCH3 is 1. The molecule has 0 aliphatic heterocycles. The number of aromatic amines is 1. The number of amides is 1. The lowest BCUT2D eigenvalue weighted by Gasteiger charge is -2.25. The number of hydrogen-bond acceptors (Lipinski definition) is 8. The predicted octanol–water partition coefficient (Wildman–Crippen LogP) is 1.74.